The molecule has 0 atom stereocenters. The first-order valence-electron chi connectivity index (χ1n) is 7.15. The number of benzene rings is 1. The van der Waals surface area contributed by atoms with Crippen LogP contribution in [0.3, 0.4) is 0 Å². The van der Waals surface area contributed by atoms with Crippen LogP contribution >= 0.6 is 12.2 Å². The van der Waals surface area contributed by atoms with Crippen molar-refractivity contribution in [3.05, 3.63) is 34.9 Å². The highest BCUT2D eigenvalue weighted by atomic mass is 32.1. The van der Waals surface area contributed by atoms with E-state index in [-0.39, 0.29) is 11.9 Å². The van der Waals surface area contributed by atoms with E-state index in [2.05, 4.69) is 0 Å². The third-order valence-corrected chi connectivity index (χ3v) is 4.11. The van der Waals surface area contributed by atoms with Gasteiger partial charge in [-0.25, -0.2) is 0 Å². The summed E-state index contributed by atoms with van der Waals surface area (Å²) in [5.74, 6) is 0.0610. The van der Waals surface area contributed by atoms with E-state index in [1.54, 1.807) is 0 Å². The van der Waals surface area contributed by atoms with Crippen molar-refractivity contribution in [1.29, 1.82) is 0 Å². The van der Waals surface area contributed by atoms with Crippen LogP contribution in [0.5, 0.6) is 0 Å². The highest BCUT2D eigenvalue weighted by Gasteiger charge is 2.28. The van der Waals surface area contributed by atoms with Crippen molar-refractivity contribution in [2.75, 3.05) is 6.54 Å². The van der Waals surface area contributed by atoms with Crippen molar-refractivity contribution in [2.45, 2.75) is 45.6 Å². The molecule has 0 aromatic heterocycles. The number of carbonyl (C=O) groups excluding carboxylic acids is 1. The Morgan fingerprint density at radius 1 is 1.35 bits per heavy atom. The smallest absolute Gasteiger partial charge is 0.254 e. The zero-order valence-corrected chi connectivity index (χ0v) is 13.0. The first kappa shape index (κ1) is 15.0. The molecule has 0 bridgehead atoms. The molecule has 4 heteroatoms. The van der Waals surface area contributed by atoms with Gasteiger partial charge in [0.1, 0.15) is 0 Å². The Morgan fingerprint density at radius 2 is 2.00 bits per heavy atom. The molecule has 0 saturated heterocycles. The van der Waals surface area contributed by atoms with Gasteiger partial charge in [0.05, 0.1) is 11.5 Å². The second kappa shape index (κ2) is 6.35. The summed E-state index contributed by atoms with van der Waals surface area (Å²) in [6.45, 7) is 4.36. The minimum Gasteiger partial charge on any atom is -0.392 e. The van der Waals surface area contributed by atoms with E-state index in [9.17, 15) is 4.79 Å². The summed E-state index contributed by atoms with van der Waals surface area (Å²) >= 11 is 5.02. The zero-order chi connectivity index (χ0) is 14.7. The van der Waals surface area contributed by atoms with Gasteiger partial charge in [0.2, 0.25) is 0 Å². The average Bonchev–Trinajstić information content (AvgIpc) is 2.91. The fourth-order valence-corrected chi connectivity index (χ4v) is 3.01. The van der Waals surface area contributed by atoms with E-state index in [4.69, 9.17) is 18.0 Å². The minimum absolute atomic E-state index is 0.0610. The molecule has 2 rings (SSSR count). The Hall–Kier alpha value is -1.42. The molecule has 0 aliphatic heterocycles. The van der Waals surface area contributed by atoms with Gasteiger partial charge in [-0.15, -0.1) is 0 Å². The van der Waals surface area contributed by atoms with Crippen molar-refractivity contribution >= 4 is 23.1 Å². The molecule has 0 unspecified atom stereocenters. The monoisotopic (exact) mass is 290 g/mol. The lowest BCUT2D eigenvalue weighted by Gasteiger charge is -2.29. The van der Waals surface area contributed by atoms with Crippen molar-refractivity contribution in [2.24, 2.45) is 5.73 Å². The predicted molar refractivity (Wildman–Crippen MR) is 86.0 cm³/mol. The first-order valence-corrected chi connectivity index (χ1v) is 7.56. The average molecular weight is 290 g/mol. The quantitative estimate of drug-likeness (QED) is 0.867. The third kappa shape index (κ3) is 3.37. The summed E-state index contributed by atoms with van der Waals surface area (Å²) in [5, 5.41) is 0. The third-order valence-electron chi connectivity index (χ3n) is 3.98. The predicted octanol–water partition coefficient (Wildman–Crippen LogP) is 2.97. The number of carbonyl (C=O) groups is 1. The van der Waals surface area contributed by atoms with Crippen LogP contribution in [0, 0.1) is 13.8 Å². The molecule has 0 spiro atoms. The van der Waals surface area contributed by atoms with Gasteiger partial charge >= 0.3 is 0 Å². The summed E-state index contributed by atoms with van der Waals surface area (Å²) in [4.78, 5) is 15.1. The van der Waals surface area contributed by atoms with Crippen molar-refractivity contribution in [3.63, 3.8) is 0 Å². The van der Waals surface area contributed by atoms with Crippen molar-refractivity contribution < 1.29 is 4.79 Å². The zero-order valence-electron chi connectivity index (χ0n) is 12.2. The molecule has 0 radical (unpaired) electrons. The second-order valence-electron chi connectivity index (χ2n) is 5.66. The number of nitrogens with two attached hydrogens (primary N) is 1. The van der Waals surface area contributed by atoms with Crippen LogP contribution in [0.1, 0.15) is 47.2 Å². The van der Waals surface area contributed by atoms with Crippen molar-refractivity contribution in [1.82, 2.24) is 4.90 Å². The minimum atomic E-state index is 0.0610. The number of hydrogen-bond donors (Lipinski definition) is 1. The lowest BCUT2D eigenvalue weighted by atomic mass is 10.0. The van der Waals surface area contributed by atoms with E-state index >= 15 is 0 Å². The van der Waals surface area contributed by atoms with Crippen LogP contribution < -0.4 is 5.73 Å². The molecule has 108 valence electrons. The van der Waals surface area contributed by atoms with Crippen LogP contribution in [0.25, 0.3) is 0 Å². The Balaban J connectivity index is 2.29. The molecule has 1 aromatic carbocycles. The molecule has 1 aromatic rings. The number of amides is 1. The highest BCUT2D eigenvalue weighted by molar-refractivity contribution is 7.80. The first-order chi connectivity index (χ1) is 9.49. The summed E-state index contributed by atoms with van der Waals surface area (Å²) in [6.07, 6.45) is 4.47. The number of aryl methyl sites for hydroxylation is 2. The van der Waals surface area contributed by atoms with E-state index < -0.39 is 0 Å². The lowest BCUT2D eigenvalue weighted by Crippen LogP contribution is -2.43. The summed E-state index contributed by atoms with van der Waals surface area (Å²) < 4.78 is 0. The number of thiocarbonyl (C=S) groups is 1. The van der Waals surface area contributed by atoms with Crippen LogP contribution in [-0.2, 0) is 0 Å². The van der Waals surface area contributed by atoms with Gasteiger partial charge in [0.25, 0.3) is 5.91 Å². The molecule has 1 amide bonds. The molecular weight excluding hydrogens is 268 g/mol. The summed E-state index contributed by atoms with van der Waals surface area (Å²) in [5.41, 5.74) is 8.56. The number of rotatable bonds is 4. The second-order valence-corrected chi connectivity index (χ2v) is 6.18. The Bertz CT molecular complexity index is 521. The van der Waals surface area contributed by atoms with Gasteiger partial charge in [-0.05, 0) is 38.3 Å². The fraction of sp³-hybridized carbons (Fsp3) is 0.500. The molecule has 20 heavy (non-hydrogen) atoms. The van der Waals surface area contributed by atoms with Crippen molar-refractivity contribution in [3.8, 4) is 0 Å². The van der Waals surface area contributed by atoms with Gasteiger partial charge < -0.3 is 10.6 Å². The largest absolute Gasteiger partial charge is 0.392 e. The highest BCUT2D eigenvalue weighted by Crippen LogP contribution is 2.25. The maximum atomic E-state index is 12.9. The molecule has 3 nitrogen and oxygen atoms in total. The molecule has 1 aliphatic rings. The molecule has 1 saturated carbocycles. The van der Waals surface area contributed by atoms with Crippen LogP contribution in [0.2, 0.25) is 0 Å². The van der Waals surface area contributed by atoms with Gasteiger partial charge in [-0.1, -0.05) is 42.8 Å². The Morgan fingerprint density at radius 3 is 2.60 bits per heavy atom. The van der Waals surface area contributed by atoms with E-state index in [0.29, 0.717) is 11.5 Å². The maximum absolute atomic E-state index is 12.9. The summed E-state index contributed by atoms with van der Waals surface area (Å²) in [6, 6.07) is 6.26. The standard InChI is InChI=1S/C16H22N2OS/c1-11-7-8-12(2)14(9-11)16(19)18(10-15(17)20)13-5-3-4-6-13/h7-9,13H,3-6,10H2,1-2H3,(H2,17,20). The lowest BCUT2D eigenvalue weighted by molar-refractivity contribution is 0.0714. The molecular formula is C16H22N2OS. The Kier molecular flexibility index (Phi) is 4.76. The van der Waals surface area contributed by atoms with Gasteiger partial charge in [-0.2, -0.15) is 0 Å². The van der Waals surface area contributed by atoms with E-state index in [1.807, 2.05) is 36.9 Å². The van der Waals surface area contributed by atoms with Crippen LogP contribution in [0.4, 0.5) is 0 Å². The van der Waals surface area contributed by atoms with E-state index in [1.165, 1.54) is 12.8 Å². The topological polar surface area (TPSA) is 46.3 Å². The van der Waals surface area contributed by atoms with Crippen LogP contribution in [0.15, 0.2) is 18.2 Å². The molecule has 1 fully saturated rings. The molecule has 0 heterocycles. The van der Waals surface area contributed by atoms with Crippen LogP contribution in [-0.4, -0.2) is 28.4 Å². The van der Waals surface area contributed by atoms with E-state index in [0.717, 1.165) is 29.5 Å². The fourth-order valence-electron chi connectivity index (χ4n) is 2.87. The number of nitrogens with zero attached hydrogens (tertiary/aromatic N) is 1. The maximum Gasteiger partial charge on any atom is 0.254 e. The Labute approximate surface area is 126 Å². The summed E-state index contributed by atoms with van der Waals surface area (Å²) in [7, 11) is 0. The molecule has 1 aliphatic carbocycles. The number of hydrogen-bond acceptors (Lipinski definition) is 2. The van der Waals surface area contributed by atoms with Gasteiger partial charge in [-0.3, -0.25) is 4.79 Å². The van der Waals surface area contributed by atoms with Gasteiger partial charge in [0.15, 0.2) is 0 Å². The molecule has 2 N–H and O–H groups in total. The SMILES string of the molecule is Cc1ccc(C)c(C(=O)N(CC(N)=S)C2CCCC2)c1. The normalized spacial score (nSPS) is 15.3. The van der Waals surface area contributed by atoms with Gasteiger partial charge in [0, 0.05) is 11.6 Å².